The van der Waals surface area contributed by atoms with E-state index >= 15 is 0 Å². The van der Waals surface area contributed by atoms with Gasteiger partial charge in [-0.3, -0.25) is 28.8 Å². The van der Waals surface area contributed by atoms with Crippen LogP contribution in [0, 0.1) is 0 Å². The third-order valence-corrected chi connectivity index (χ3v) is 12.0. The Bertz CT molecular complexity index is 2310. The number of rotatable bonds is 18. The van der Waals surface area contributed by atoms with Gasteiger partial charge in [-0.1, -0.05) is 74.0 Å². The first-order chi connectivity index (χ1) is 31.1. The zero-order valence-corrected chi connectivity index (χ0v) is 38.2. The second-order valence-corrected chi connectivity index (χ2v) is 17.0. The van der Waals surface area contributed by atoms with Crippen LogP contribution in [0.25, 0.3) is 22.3 Å². The quantitative estimate of drug-likeness (QED) is 0.0665. The molecule has 0 aromatic heterocycles. The van der Waals surface area contributed by atoms with E-state index in [1.165, 1.54) is 37.4 Å². The summed E-state index contributed by atoms with van der Waals surface area (Å²) >= 11 is 0. The number of fused-ring (bicyclic) bond motifs is 5. The average Bonchev–Trinajstić information content (AvgIpc) is 3.29. The number of nitrogens with one attached hydrogen (secondary N) is 4. The molecule has 1 aliphatic heterocycles. The van der Waals surface area contributed by atoms with Crippen LogP contribution in [0.15, 0.2) is 84.9 Å². The topological polar surface area (TPSA) is 226 Å². The number of hydrogen-bond donors (Lipinski definition) is 7. The number of amides is 5. The van der Waals surface area contributed by atoms with E-state index in [1.54, 1.807) is 31.2 Å². The summed E-state index contributed by atoms with van der Waals surface area (Å²) in [5, 5.41) is 22.5. The molecule has 4 aromatic rings. The Kier molecular flexibility index (Phi) is 18.0. The molecule has 5 amide bonds. The molecule has 1 aliphatic rings. The van der Waals surface area contributed by atoms with Gasteiger partial charge in [0.2, 0.25) is 23.6 Å². The SMILES string of the molecule is CCCCc1ccc(-c2ccc(C(=O)N[C@@H](CCCCN)C(=O)N(C)[C@@H]3C(=O)N[C@@H](C)C(=O)N[C@H](C(=O)N[C@@H](C)C(C)=O)Cc4ccc(CCCN)c(c4)-c4cc3ccc4O)cc2)cc1. The van der Waals surface area contributed by atoms with E-state index in [1.807, 2.05) is 30.3 Å². The summed E-state index contributed by atoms with van der Waals surface area (Å²) in [6.07, 6.45) is 5.79. The Hall–Kier alpha value is -6.38. The monoisotopic (exact) mass is 887 g/mol. The van der Waals surface area contributed by atoms with Gasteiger partial charge in [0.05, 0.1) is 6.04 Å². The van der Waals surface area contributed by atoms with E-state index in [2.05, 4.69) is 52.5 Å². The summed E-state index contributed by atoms with van der Waals surface area (Å²) in [6, 6.07) is 20.1. The van der Waals surface area contributed by atoms with E-state index in [0.717, 1.165) is 36.0 Å². The molecule has 5 atom stereocenters. The van der Waals surface area contributed by atoms with Gasteiger partial charge in [0.15, 0.2) is 5.78 Å². The number of phenolic OH excluding ortho intramolecular Hbond substituents is 1. The van der Waals surface area contributed by atoms with E-state index < -0.39 is 59.7 Å². The summed E-state index contributed by atoms with van der Waals surface area (Å²) in [5.74, 6) is -3.39. The van der Waals surface area contributed by atoms with Crippen molar-refractivity contribution in [1.82, 2.24) is 26.2 Å². The number of unbranched alkanes of at least 4 members (excludes halogenated alkanes) is 2. The maximum absolute atomic E-state index is 14.7. The lowest BCUT2D eigenvalue weighted by Gasteiger charge is -2.32. The van der Waals surface area contributed by atoms with Crippen LogP contribution in [0.2, 0.25) is 0 Å². The maximum Gasteiger partial charge on any atom is 0.251 e. The van der Waals surface area contributed by atoms with Gasteiger partial charge in [0.25, 0.3) is 5.91 Å². The molecule has 9 N–H and O–H groups in total. The smallest absolute Gasteiger partial charge is 0.251 e. The van der Waals surface area contributed by atoms with Gasteiger partial charge in [-0.2, -0.15) is 0 Å². The van der Waals surface area contributed by atoms with Crippen LogP contribution >= 0.6 is 0 Å². The van der Waals surface area contributed by atoms with Crippen LogP contribution in [0.4, 0.5) is 0 Å². The van der Waals surface area contributed by atoms with Crippen molar-refractivity contribution in [3.8, 4) is 28.0 Å². The number of ketones is 1. The van der Waals surface area contributed by atoms with Crippen molar-refractivity contribution in [1.29, 1.82) is 0 Å². The van der Waals surface area contributed by atoms with E-state index in [-0.39, 0.29) is 24.4 Å². The zero-order valence-electron chi connectivity index (χ0n) is 38.2. The van der Waals surface area contributed by atoms with Crippen LogP contribution < -0.4 is 32.7 Å². The van der Waals surface area contributed by atoms with E-state index in [4.69, 9.17) is 11.5 Å². The fourth-order valence-electron chi connectivity index (χ4n) is 7.94. The molecule has 5 rings (SSSR count). The third kappa shape index (κ3) is 13.1. The number of carbonyl (C=O) groups is 6. The molecule has 0 radical (unpaired) electrons. The Labute approximate surface area is 382 Å². The standard InChI is InChI=1S/C51H65N7O7/c1-6-7-11-34-14-17-36(18-15-34)37-20-22-39(23-21-37)48(62)56-43(13-8-9-26-52)51(65)58(5)46-40-24-25-45(60)42(30-40)41-28-35(16-19-38(41)12-10-27-53)29-44(49(63)54-31(2)33(4)59)57-47(61)32(3)55-50(46)64/h14-25,28,30-32,43-44,46,60H,6-13,26-27,29,52-53H2,1-5H3,(H,54,63)(H,55,64)(H,56,62)(H,57,61)/t31-,32-,43-,44-,46-/m0/s1. The summed E-state index contributed by atoms with van der Waals surface area (Å²) < 4.78 is 0. The number of benzene rings is 4. The van der Waals surface area contributed by atoms with Gasteiger partial charge in [0, 0.05) is 24.6 Å². The molecule has 65 heavy (non-hydrogen) atoms. The molecule has 0 saturated carbocycles. The Morgan fingerprint density at radius 2 is 1.48 bits per heavy atom. The van der Waals surface area contributed by atoms with Crippen LogP contribution in [-0.2, 0) is 43.2 Å². The highest BCUT2D eigenvalue weighted by molar-refractivity contribution is 6.00. The largest absolute Gasteiger partial charge is 0.507 e. The predicted octanol–water partition coefficient (Wildman–Crippen LogP) is 5.03. The van der Waals surface area contributed by atoms with Crippen molar-refractivity contribution in [2.45, 2.75) is 116 Å². The minimum Gasteiger partial charge on any atom is -0.507 e. The van der Waals surface area contributed by atoms with Gasteiger partial charge >= 0.3 is 0 Å². The molecule has 14 heteroatoms. The second-order valence-electron chi connectivity index (χ2n) is 17.0. The van der Waals surface area contributed by atoms with Crippen LogP contribution in [0.5, 0.6) is 5.75 Å². The van der Waals surface area contributed by atoms with Crippen LogP contribution in [-0.4, -0.2) is 89.6 Å². The van der Waals surface area contributed by atoms with Crippen LogP contribution in [0.3, 0.4) is 0 Å². The first-order valence-electron chi connectivity index (χ1n) is 22.7. The molecule has 4 bridgehead atoms. The Morgan fingerprint density at radius 1 is 0.800 bits per heavy atom. The van der Waals surface area contributed by atoms with Crippen LogP contribution in [0.1, 0.15) is 105 Å². The fourth-order valence-corrected chi connectivity index (χ4v) is 7.94. The normalized spacial score (nSPS) is 17.1. The van der Waals surface area contributed by atoms with Gasteiger partial charge in [0.1, 0.15) is 29.9 Å². The number of hydrogen-bond acceptors (Lipinski definition) is 9. The summed E-state index contributed by atoms with van der Waals surface area (Å²) in [4.78, 5) is 83.9. The predicted molar refractivity (Wildman–Crippen MR) is 253 cm³/mol. The lowest BCUT2D eigenvalue weighted by atomic mass is 9.90. The Balaban J connectivity index is 1.51. The third-order valence-electron chi connectivity index (χ3n) is 12.0. The number of likely N-dealkylation sites (N-methyl/N-ethyl adjacent to an activating group) is 1. The number of nitrogens with zero attached hydrogens (tertiary/aromatic N) is 1. The van der Waals surface area contributed by atoms with Crippen molar-refractivity contribution in [2.24, 2.45) is 11.5 Å². The highest BCUT2D eigenvalue weighted by Gasteiger charge is 2.36. The van der Waals surface area contributed by atoms with Gasteiger partial charge in [-0.15, -0.1) is 0 Å². The molecule has 14 nitrogen and oxygen atoms in total. The number of Topliss-reactive ketones (excluding diaryl/α,β-unsaturated/α-hetero) is 1. The first-order valence-corrected chi connectivity index (χ1v) is 22.7. The summed E-state index contributed by atoms with van der Waals surface area (Å²) in [6.45, 7) is 7.31. The maximum atomic E-state index is 14.7. The van der Waals surface area contributed by atoms with Gasteiger partial charge in [-0.05, 0) is 142 Å². The number of aryl methyl sites for hydroxylation is 2. The van der Waals surface area contributed by atoms with Crippen molar-refractivity contribution < 1.29 is 33.9 Å². The molecule has 0 saturated heterocycles. The lowest BCUT2D eigenvalue weighted by Crippen LogP contribution is -2.56. The highest BCUT2D eigenvalue weighted by Crippen LogP contribution is 2.37. The molecular formula is C51H65N7O7. The molecule has 0 aliphatic carbocycles. The minimum atomic E-state index is -1.35. The van der Waals surface area contributed by atoms with Crippen molar-refractivity contribution in [2.75, 3.05) is 20.1 Å². The zero-order chi connectivity index (χ0) is 47.2. The fraction of sp³-hybridized carbons (Fsp3) is 0.412. The molecular weight excluding hydrogens is 823 g/mol. The number of aromatic hydroxyl groups is 1. The van der Waals surface area contributed by atoms with Gasteiger partial charge < -0.3 is 42.7 Å². The van der Waals surface area contributed by atoms with Gasteiger partial charge in [-0.25, -0.2) is 0 Å². The lowest BCUT2D eigenvalue weighted by molar-refractivity contribution is -0.141. The molecule has 0 unspecified atom stereocenters. The van der Waals surface area contributed by atoms with Crippen molar-refractivity contribution in [3.05, 3.63) is 113 Å². The number of carbonyl (C=O) groups excluding carboxylic acids is 6. The number of phenols is 1. The average molecular weight is 888 g/mol. The minimum absolute atomic E-state index is 0.0295. The Morgan fingerprint density at radius 3 is 2.12 bits per heavy atom. The molecule has 346 valence electrons. The second kappa shape index (κ2) is 23.5. The summed E-state index contributed by atoms with van der Waals surface area (Å²) in [5.41, 5.74) is 18.1. The van der Waals surface area contributed by atoms with Crippen molar-refractivity contribution in [3.63, 3.8) is 0 Å². The molecule has 4 aromatic carbocycles. The number of nitrogens with two attached hydrogens (primary N) is 2. The first kappa shape index (κ1) is 49.6. The highest BCUT2D eigenvalue weighted by atomic mass is 16.3. The molecule has 0 fully saturated rings. The van der Waals surface area contributed by atoms with E-state index in [9.17, 15) is 33.9 Å². The summed E-state index contributed by atoms with van der Waals surface area (Å²) in [7, 11) is 1.46. The van der Waals surface area contributed by atoms with Crippen molar-refractivity contribution >= 4 is 35.3 Å². The molecule has 0 spiro atoms. The van der Waals surface area contributed by atoms with E-state index in [0.29, 0.717) is 66.6 Å². The molecule has 1 heterocycles.